The van der Waals surface area contributed by atoms with Crippen molar-refractivity contribution in [3.63, 3.8) is 0 Å². The normalized spacial score (nSPS) is 17.6. The fraction of sp³-hybridized carbons (Fsp3) is 0.500. The number of nitrogens with two attached hydrogens (primary N) is 1. The molecule has 92 valence electrons. The predicted molar refractivity (Wildman–Crippen MR) is 66.6 cm³/mol. The fourth-order valence-corrected chi connectivity index (χ4v) is 2.02. The summed E-state index contributed by atoms with van der Waals surface area (Å²) in [5, 5.41) is 0. The molecule has 1 saturated carbocycles. The van der Waals surface area contributed by atoms with Crippen molar-refractivity contribution in [3.8, 4) is 0 Å². The Morgan fingerprint density at radius 1 is 1.29 bits per heavy atom. The summed E-state index contributed by atoms with van der Waals surface area (Å²) >= 11 is 0. The van der Waals surface area contributed by atoms with E-state index in [4.69, 9.17) is 10.5 Å². The maximum atomic E-state index is 11.7. The van der Waals surface area contributed by atoms with Gasteiger partial charge in [-0.2, -0.15) is 0 Å². The second kappa shape index (κ2) is 3.84. The highest BCUT2D eigenvalue weighted by atomic mass is 16.5. The minimum absolute atomic E-state index is 0.117. The number of benzene rings is 1. The third kappa shape index (κ3) is 2.07. The van der Waals surface area contributed by atoms with E-state index in [9.17, 15) is 4.79 Å². The van der Waals surface area contributed by atoms with Gasteiger partial charge in [-0.05, 0) is 37.8 Å². The van der Waals surface area contributed by atoms with Crippen molar-refractivity contribution in [1.82, 2.24) is 0 Å². The van der Waals surface area contributed by atoms with Crippen LogP contribution < -0.4 is 5.73 Å². The van der Waals surface area contributed by atoms with Crippen LogP contribution in [0.3, 0.4) is 0 Å². The van der Waals surface area contributed by atoms with Crippen molar-refractivity contribution in [1.29, 1.82) is 0 Å². The molecule has 3 nitrogen and oxygen atoms in total. The molecular formula is C14H19NO2. The van der Waals surface area contributed by atoms with E-state index in [0.717, 1.165) is 24.0 Å². The molecule has 1 fully saturated rings. The Kier molecular flexibility index (Phi) is 2.74. The van der Waals surface area contributed by atoms with Gasteiger partial charge in [-0.15, -0.1) is 0 Å². The second-order valence-electron chi connectivity index (χ2n) is 5.35. The molecule has 0 amide bonds. The minimum atomic E-state index is -0.613. The van der Waals surface area contributed by atoms with Crippen molar-refractivity contribution in [2.45, 2.75) is 37.6 Å². The van der Waals surface area contributed by atoms with Crippen LogP contribution in [0.4, 0.5) is 0 Å². The summed E-state index contributed by atoms with van der Waals surface area (Å²) in [5.41, 5.74) is 7.50. The molecule has 17 heavy (non-hydrogen) atoms. The topological polar surface area (TPSA) is 52.3 Å². The molecule has 1 aliphatic rings. The molecule has 3 heteroatoms. The molecule has 1 aromatic rings. The summed E-state index contributed by atoms with van der Waals surface area (Å²) in [7, 11) is 1.41. The lowest BCUT2D eigenvalue weighted by Gasteiger charge is -2.22. The first kappa shape index (κ1) is 12.1. The number of methoxy groups -OCH3 is 1. The first-order valence-electron chi connectivity index (χ1n) is 5.88. The molecule has 2 N–H and O–H groups in total. The molecule has 0 aliphatic heterocycles. The van der Waals surface area contributed by atoms with Gasteiger partial charge < -0.3 is 10.5 Å². The van der Waals surface area contributed by atoms with Gasteiger partial charge in [0.25, 0.3) is 0 Å². The fourth-order valence-electron chi connectivity index (χ4n) is 2.02. The number of hydrogen-bond donors (Lipinski definition) is 1. The van der Waals surface area contributed by atoms with Crippen LogP contribution in [0, 0.1) is 0 Å². The van der Waals surface area contributed by atoms with Crippen LogP contribution in [0.25, 0.3) is 0 Å². The van der Waals surface area contributed by atoms with Crippen LogP contribution in [-0.2, 0) is 20.5 Å². The van der Waals surface area contributed by atoms with E-state index in [1.165, 1.54) is 7.11 Å². The quantitative estimate of drug-likeness (QED) is 0.813. The van der Waals surface area contributed by atoms with Gasteiger partial charge in [0.1, 0.15) is 0 Å². The van der Waals surface area contributed by atoms with E-state index in [0.29, 0.717) is 0 Å². The summed E-state index contributed by atoms with van der Waals surface area (Å²) in [6.07, 6.45) is 2.10. The average Bonchev–Trinajstić information content (AvgIpc) is 3.07. The molecule has 0 spiro atoms. The van der Waals surface area contributed by atoms with Gasteiger partial charge in [-0.25, -0.2) is 0 Å². The molecular weight excluding hydrogens is 214 g/mol. The lowest BCUT2D eigenvalue weighted by molar-refractivity contribution is -0.146. The van der Waals surface area contributed by atoms with Gasteiger partial charge >= 0.3 is 5.97 Å². The highest BCUT2D eigenvalue weighted by Crippen LogP contribution is 2.42. The van der Waals surface area contributed by atoms with Gasteiger partial charge in [0, 0.05) is 5.54 Å². The van der Waals surface area contributed by atoms with E-state index >= 15 is 0 Å². The van der Waals surface area contributed by atoms with Crippen LogP contribution in [0.2, 0.25) is 0 Å². The highest BCUT2D eigenvalue weighted by molar-refractivity contribution is 5.82. The van der Waals surface area contributed by atoms with Gasteiger partial charge in [-0.1, -0.05) is 24.3 Å². The first-order chi connectivity index (χ1) is 7.90. The zero-order valence-corrected chi connectivity index (χ0v) is 10.6. The average molecular weight is 233 g/mol. The Morgan fingerprint density at radius 2 is 1.82 bits per heavy atom. The van der Waals surface area contributed by atoms with Gasteiger partial charge in [0.2, 0.25) is 0 Å². The van der Waals surface area contributed by atoms with Crippen LogP contribution in [0.5, 0.6) is 0 Å². The molecule has 0 unspecified atom stereocenters. The summed E-state index contributed by atoms with van der Waals surface area (Å²) in [5.74, 6) is -0.223. The molecule has 1 aromatic carbocycles. The van der Waals surface area contributed by atoms with E-state index < -0.39 is 5.41 Å². The van der Waals surface area contributed by atoms with E-state index in [2.05, 4.69) is 0 Å². The molecule has 1 aliphatic carbocycles. The number of carbonyl (C=O) groups is 1. The lowest BCUT2D eigenvalue weighted by atomic mass is 9.84. The van der Waals surface area contributed by atoms with Crippen LogP contribution in [0.1, 0.15) is 37.8 Å². The van der Waals surface area contributed by atoms with Crippen LogP contribution >= 0.6 is 0 Å². The Balaban J connectivity index is 2.26. The molecule has 2 rings (SSSR count). The van der Waals surface area contributed by atoms with E-state index in [-0.39, 0.29) is 11.5 Å². The lowest BCUT2D eigenvalue weighted by Crippen LogP contribution is -2.30. The van der Waals surface area contributed by atoms with Crippen molar-refractivity contribution in [2.75, 3.05) is 7.11 Å². The third-order valence-electron chi connectivity index (χ3n) is 3.67. The van der Waals surface area contributed by atoms with Gasteiger partial charge in [-0.3, -0.25) is 4.79 Å². The first-order valence-corrected chi connectivity index (χ1v) is 5.88. The zero-order valence-electron chi connectivity index (χ0n) is 10.6. The number of rotatable bonds is 3. The summed E-state index contributed by atoms with van der Waals surface area (Å²) < 4.78 is 4.82. The van der Waals surface area contributed by atoms with Gasteiger partial charge in [0.15, 0.2) is 0 Å². The predicted octanol–water partition coefficient (Wildman–Crippen LogP) is 2.08. The Morgan fingerprint density at radius 3 is 2.24 bits per heavy atom. The monoisotopic (exact) mass is 233 g/mol. The van der Waals surface area contributed by atoms with Crippen LogP contribution in [-0.4, -0.2) is 13.1 Å². The summed E-state index contributed by atoms with van der Waals surface area (Å²) in [6, 6.07) is 7.98. The molecule has 0 aromatic heterocycles. The SMILES string of the molecule is COC(=O)C(C)(C)c1ccc(C2(N)CC2)cc1. The molecule has 0 saturated heterocycles. The smallest absolute Gasteiger partial charge is 0.315 e. The number of hydrogen-bond acceptors (Lipinski definition) is 3. The van der Waals surface area contributed by atoms with Crippen molar-refractivity contribution < 1.29 is 9.53 Å². The third-order valence-corrected chi connectivity index (χ3v) is 3.67. The molecule has 0 atom stereocenters. The maximum Gasteiger partial charge on any atom is 0.315 e. The van der Waals surface area contributed by atoms with E-state index in [1.54, 1.807) is 0 Å². The minimum Gasteiger partial charge on any atom is -0.468 e. The highest BCUT2D eigenvalue weighted by Gasteiger charge is 2.40. The molecule has 0 heterocycles. The van der Waals surface area contributed by atoms with Gasteiger partial charge in [0.05, 0.1) is 12.5 Å². The Labute approximate surface area is 102 Å². The number of ether oxygens (including phenoxy) is 1. The van der Waals surface area contributed by atoms with Crippen molar-refractivity contribution in [2.24, 2.45) is 5.73 Å². The van der Waals surface area contributed by atoms with Crippen molar-refractivity contribution >= 4 is 5.97 Å². The number of carbonyl (C=O) groups excluding carboxylic acids is 1. The zero-order chi connectivity index (χ0) is 12.7. The number of esters is 1. The largest absolute Gasteiger partial charge is 0.468 e. The Hall–Kier alpha value is -1.35. The standard InChI is InChI=1S/C14H19NO2/c1-13(2,12(16)17-3)10-4-6-11(7-5-10)14(15)8-9-14/h4-7H,8-9,15H2,1-3H3. The van der Waals surface area contributed by atoms with Crippen LogP contribution in [0.15, 0.2) is 24.3 Å². The second-order valence-corrected chi connectivity index (χ2v) is 5.35. The molecule has 0 bridgehead atoms. The summed E-state index contributed by atoms with van der Waals surface area (Å²) in [6.45, 7) is 3.73. The molecule has 0 radical (unpaired) electrons. The Bertz CT molecular complexity index is 430. The summed E-state index contributed by atoms with van der Waals surface area (Å²) in [4.78, 5) is 11.7. The maximum absolute atomic E-state index is 11.7. The van der Waals surface area contributed by atoms with E-state index in [1.807, 2.05) is 38.1 Å². The van der Waals surface area contributed by atoms with Crippen molar-refractivity contribution in [3.05, 3.63) is 35.4 Å².